The van der Waals surface area contributed by atoms with Crippen molar-refractivity contribution in [2.24, 2.45) is 0 Å². The van der Waals surface area contributed by atoms with Gasteiger partial charge in [0.25, 0.3) is 5.91 Å². The van der Waals surface area contributed by atoms with Crippen molar-refractivity contribution in [2.45, 2.75) is 38.8 Å². The Morgan fingerprint density at radius 2 is 1.90 bits per heavy atom. The van der Waals surface area contributed by atoms with Crippen molar-refractivity contribution < 1.29 is 14.3 Å². The van der Waals surface area contributed by atoms with Crippen LogP contribution in [0.4, 0.5) is 0 Å². The highest BCUT2D eigenvalue weighted by Crippen LogP contribution is 2.29. The average molecular weight is 292 g/mol. The lowest BCUT2D eigenvalue weighted by molar-refractivity contribution is 0.0919. The molecule has 0 aromatic heterocycles. The fourth-order valence-electron chi connectivity index (χ4n) is 2.71. The summed E-state index contributed by atoms with van der Waals surface area (Å²) in [4.78, 5) is 12.5. The quantitative estimate of drug-likeness (QED) is 0.889. The van der Waals surface area contributed by atoms with Crippen LogP contribution >= 0.6 is 0 Å². The summed E-state index contributed by atoms with van der Waals surface area (Å²) in [5.74, 6) is 1.23. The van der Waals surface area contributed by atoms with Gasteiger partial charge < -0.3 is 20.1 Å². The first-order valence-electron chi connectivity index (χ1n) is 7.33. The lowest BCUT2D eigenvalue weighted by atomic mass is 9.99. The van der Waals surface area contributed by atoms with Gasteiger partial charge in [-0.15, -0.1) is 0 Å². The summed E-state index contributed by atoms with van der Waals surface area (Å²) >= 11 is 0. The first-order chi connectivity index (χ1) is 10.1. The number of piperidine rings is 1. The summed E-state index contributed by atoms with van der Waals surface area (Å²) in [5, 5.41) is 6.47. The number of nitrogens with one attached hydrogen (secondary N) is 2. The molecule has 1 aliphatic heterocycles. The number of rotatable bonds is 4. The number of hydrogen-bond acceptors (Lipinski definition) is 4. The van der Waals surface area contributed by atoms with Crippen LogP contribution in [0.3, 0.4) is 0 Å². The molecule has 5 nitrogen and oxygen atoms in total. The lowest BCUT2D eigenvalue weighted by Crippen LogP contribution is -2.51. The second kappa shape index (κ2) is 6.80. The first-order valence-corrected chi connectivity index (χ1v) is 7.33. The predicted molar refractivity (Wildman–Crippen MR) is 82.2 cm³/mol. The van der Waals surface area contributed by atoms with E-state index in [4.69, 9.17) is 9.47 Å². The van der Waals surface area contributed by atoms with Gasteiger partial charge in [-0.1, -0.05) is 0 Å². The Morgan fingerprint density at radius 3 is 2.43 bits per heavy atom. The molecule has 1 heterocycles. The van der Waals surface area contributed by atoms with Crippen molar-refractivity contribution in [1.82, 2.24) is 10.6 Å². The minimum atomic E-state index is -0.0906. The van der Waals surface area contributed by atoms with Gasteiger partial charge in [0.15, 0.2) is 0 Å². The van der Waals surface area contributed by atoms with Crippen LogP contribution in [0.2, 0.25) is 0 Å². The standard InChI is InChI=1S/C16H24N2O3/c1-10-14(20-3)8-12(9-15(10)21-4)16(19)18-13-6-5-7-17-11(13)2/h8-9,11,13,17H,5-7H2,1-4H3,(H,18,19). The van der Waals surface area contributed by atoms with Gasteiger partial charge in [-0.3, -0.25) is 4.79 Å². The fourth-order valence-corrected chi connectivity index (χ4v) is 2.71. The lowest BCUT2D eigenvalue weighted by Gasteiger charge is -2.30. The molecule has 0 bridgehead atoms. The number of amides is 1. The summed E-state index contributed by atoms with van der Waals surface area (Å²) in [5.41, 5.74) is 1.45. The molecule has 1 aliphatic rings. The van der Waals surface area contributed by atoms with Crippen molar-refractivity contribution in [2.75, 3.05) is 20.8 Å². The minimum Gasteiger partial charge on any atom is -0.496 e. The summed E-state index contributed by atoms with van der Waals surface area (Å²) < 4.78 is 10.6. The molecule has 2 rings (SSSR count). The van der Waals surface area contributed by atoms with Crippen molar-refractivity contribution in [1.29, 1.82) is 0 Å². The Kier molecular flexibility index (Phi) is 5.07. The molecule has 5 heteroatoms. The SMILES string of the molecule is COc1cc(C(=O)NC2CCCNC2C)cc(OC)c1C. The Bertz CT molecular complexity index is 491. The average Bonchev–Trinajstić information content (AvgIpc) is 2.49. The molecule has 21 heavy (non-hydrogen) atoms. The van der Waals surface area contributed by atoms with Crippen LogP contribution in [0.1, 0.15) is 35.7 Å². The maximum atomic E-state index is 12.5. The molecule has 2 unspecified atom stereocenters. The molecule has 0 radical (unpaired) electrons. The van der Waals surface area contributed by atoms with E-state index in [0.717, 1.165) is 24.9 Å². The highest BCUT2D eigenvalue weighted by Gasteiger charge is 2.23. The molecule has 1 aromatic carbocycles. The van der Waals surface area contributed by atoms with E-state index in [1.807, 2.05) is 6.92 Å². The van der Waals surface area contributed by atoms with E-state index in [1.165, 1.54) is 0 Å². The van der Waals surface area contributed by atoms with Gasteiger partial charge in [-0.25, -0.2) is 0 Å². The van der Waals surface area contributed by atoms with Gasteiger partial charge in [0.2, 0.25) is 0 Å². The predicted octanol–water partition coefficient (Wildman–Crippen LogP) is 1.88. The van der Waals surface area contributed by atoms with Gasteiger partial charge in [-0.05, 0) is 45.4 Å². The maximum absolute atomic E-state index is 12.5. The smallest absolute Gasteiger partial charge is 0.251 e. The van der Waals surface area contributed by atoms with Crippen molar-refractivity contribution in [3.8, 4) is 11.5 Å². The molecular formula is C16H24N2O3. The molecule has 0 saturated carbocycles. The zero-order chi connectivity index (χ0) is 15.4. The zero-order valence-electron chi connectivity index (χ0n) is 13.2. The third-order valence-corrected chi connectivity index (χ3v) is 4.09. The fraction of sp³-hybridized carbons (Fsp3) is 0.562. The summed E-state index contributed by atoms with van der Waals surface area (Å²) in [6, 6.07) is 3.96. The highest BCUT2D eigenvalue weighted by atomic mass is 16.5. The van der Waals surface area contributed by atoms with Crippen LogP contribution in [0.5, 0.6) is 11.5 Å². The van der Waals surface area contributed by atoms with Crippen molar-refractivity contribution in [3.63, 3.8) is 0 Å². The first kappa shape index (κ1) is 15.6. The molecule has 2 N–H and O–H groups in total. The van der Waals surface area contributed by atoms with Crippen LogP contribution in [0.25, 0.3) is 0 Å². The molecular weight excluding hydrogens is 268 g/mol. The second-order valence-electron chi connectivity index (χ2n) is 5.47. The highest BCUT2D eigenvalue weighted by molar-refractivity contribution is 5.95. The largest absolute Gasteiger partial charge is 0.496 e. The van der Waals surface area contributed by atoms with E-state index in [-0.39, 0.29) is 18.0 Å². The zero-order valence-corrected chi connectivity index (χ0v) is 13.2. The Hall–Kier alpha value is -1.75. The van der Waals surface area contributed by atoms with Crippen molar-refractivity contribution >= 4 is 5.91 Å². The van der Waals surface area contributed by atoms with Crippen LogP contribution in [-0.2, 0) is 0 Å². The van der Waals surface area contributed by atoms with Gasteiger partial charge in [0.05, 0.1) is 14.2 Å². The van der Waals surface area contributed by atoms with E-state index in [1.54, 1.807) is 26.4 Å². The third kappa shape index (κ3) is 3.47. The topological polar surface area (TPSA) is 59.6 Å². The van der Waals surface area contributed by atoms with E-state index in [9.17, 15) is 4.79 Å². The molecule has 1 fully saturated rings. The molecule has 1 amide bonds. The maximum Gasteiger partial charge on any atom is 0.251 e. The van der Waals surface area contributed by atoms with E-state index >= 15 is 0 Å². The van der Waals surface area contributed by atoms with E-state index in [2.05, 4.69) is 17.6 Å². The number of carbonyl (C=O) groups is 1. The molecule has 0 spiro atoms. The molecule has 116 valence electrons. The third-order valence-electron chi connectivity index (χ3n) is 4.09. The van der Waals surface area contributed by atoms with Gasteiger partial charge in [-0.2, -0.15) is 0 Å². The molecule has 1 saturated heterocycles. The summed E-state index contributed by atoms with van der Waals surface area (Å²) in [7, 11) is 3.19. The Morgan fingerprint density at radius 1 is 1.29 bits per heavy atom. The number of hydrogen-bond donors (Lipinski definition) is 2. The van der Waals surface area contributed by atoms with Gasteiger partial charge in [0, 0.05) is 23.2 Å². The van der Waals surface area contributed by atoms with Crippen LogP contribution in [0.15, 0.2) is 12.1 Å². The second-order valence-corrected chi connectivity index (χ2v) is 5.47. The normalized spacial score (nSPS) is 21.7. The van der Waals surface area contributed by atoms with E-state index < -0.39 is 0 Å². The molecule has 1 aromatic rings. The van der Waals surface area contributed by atoms with E-state index in [0.29, 0.717) is 17.1 Å². The van der Waals surface area contributed by atoms with Crippen LogP contribution < -0.4 is 20.1 Å². The summed E-state index contributed by atoms with van der Waals surface area (Å²) in [6.07, 6.45) is 2.08. The van der Waals surface area contributed by atoms with Crippen LogP contribution in [-0.4, -0.2) is 38.8 Å². The van der Waals surface area contributed by atoms with Gasteiger partial charge in [0.1, 0.15) is 11.5 Å². The summed E-state index contributed by atoms with van der Waals surface area (Å²) in [6.45, 7) is 5.02. The number of methoxy groups -OCH3 is 2. The van der Waals surface area contributed by atoms with Crippen molar-refractivity contribution in [3.05, 3.63) is 23.3 Å². The van der Waals surface area contributed by atoms with Crippen LogP contribution in [0, 0.1) is 6.92 Å². The molecule has 0 aliphatic carbocycles. The van der Waals surface area contributed by atoms with Gasteiger partial charge >= 0.3 is 0 Å². The molecule has 2 atom stereocenters. The number of ether oxygens (including phenoxy) is 2. The Balaban J connectivity index is 2.18. The monoisotopic (exact) mass is 292 g/mol. The number of benzene rings is 1. The minimum absolute atomic E-state index is 0.0906. The Labute approximate surface area is 126 Å². The number of carbonyl (C=O) groups excluding carboxylic acids is 1.